The van der Waals surface area contributed by atoms with Crippen LogP contribution in [0.4, 0.5) is 14.5 Å². The van der Waals surface area contributed by atoms with Gasteiger partial charge in [0.05, 0.1) is 4.88 Å². The number of amides is 1. The first-order valence-corrected chi connectivity index (χ1v) is 7.65. The first kappa shape index (κ1) is 15.6. The Morgan fingerprint density at radius 3 is 2.43 bits per heavy atom. The molecule has 0 saturated carbocycles. The molecule has 2 aromatic rings. The zero-order valence-corrected chi connectivity index (χ0v) is 13.1. The van der Waals surface area contributed by atoms with Crippen LogP contribution in [0.3, 0.4) is 0 Å². The smallest absolute Gasteiger partial charge is 0.268 e. The number of thiophene rings is 1. The standard InChI is InChI=1S/C16H17F2NOS/c1-4-14-10(3)8-15(21-14)16(20)19(5-2)11-6-7-12(17)13(18)9-11/h6-9H,4-5H2,1-3H3. The van der Waals surface area contributed by atoms with Gasteiger partial charge >= 0.3 is 0 Å². The van der Waals surface area contributed by atoms with Gasteiger partial charge in [-0.05, 0) is 44.0 Å². The van der Waals surface area contributed by atoms with Gasteiger partial charge < -0.3 is 4.90 Å². The first-order valence-electron chi connectivity index (χ1n) is 6.84. The summed E-state index contributed by atoms with van der Waals surface area (Å²) in [5.41, 5.74) is 1.46. The molecule has 2 rings (SSSR count). The van der Waals surface area contributed by atoms with E-state index in [1.165, 1.54) is 27.2 Å². The number of carbonyl (C=O) groups is 1. The molecule has 0 N–H and O–H groups in total. The van der Waals surface area contributed by atoms with Gasteiger partial charge in [0.25, 0.3) is 5.91 Å². The van der Waals surface area contributed by atoms with Gasteiger partial charge in [0.1, 0.15) is 0 Å². The molecule has 0 saturated heterocycles. The van der Waals surface area contributed by atoms with E-state index in [2.05, 4.69) is 0 Å². The number of carbonyl (C=O) groups excluding carboxylic acids is 1. The lowest BCUT2D eigenvalue weighted by atomic mass is 10.2. The van der Waals surface area contributed by atoms with E-state index in [1.54, 1.807) is 6.92 Å². The van der Waals surface area contributed by atoms with Gasteiger partial charge in [-0.1, -0.05) is 6.92 Å². The third-order valence-corrected chi connectivity index (χ3v) is 4.70. The second kappa shape index (κ2) is 6.35. The topological polar surface area (TPSA) is 20.3 Å². The van der Waals surface area contributed by atoms with E-state index in [1.807, 2.05) is 19.9 Å². The van der Waals surface area contributed by atoms with E-state index in [0.29, 0.717) is 17.1 Å². The number of hydrogen-bond acceptors (Lipinski definition) is 2. The normalized spacial score (nSPS) is 10.7. The fourth-order valence-electron chi connectivity index (χ4n) is 2.21. The summed E-state index contributed by atoms with van der Waals surface area (Å²) < 4.78 is 26.4. The van der Waals surface area contributed by atoms with Crippen LogP contribution in [0.2, 0.25) is 0 Å². The quantitative estimate of drug-likeness (QED) is 0.810. The van der Waals surface area contributed by atoms with Crippen molar-refractivity contribution in [2.75, 3.05) is 11.4 Å². The predicted molar refractivity (Wildman–Crippen MR) is 82.1 cm³/mol. The molecule has 0 aliphatic rings. The largest absolute Gasteiger partial charge is 0.308 e. The molecule has 1 amide bonds. The summed E-state index contributed by atoms with van der Waals surface area (Å²) in [6.07, 6.45) is 0.876. The Morgan fingerprint density at radius 1 is 1.19 bits per heavy atom. The zero-order chi connectivity index (χ0) is 15.6. The summed E-state index contributed by atoms with van der Waals surface area (Å²) in [5.74, 6) is -2.05. The molecule has 0 radical (unpaired) electrons. The molecule has 5 heteroatoms. The van der Waals surface area contributed by atoms with Crippen molar-refractivity contribution in [3.8, 4) is 0 Å². The van der Waals surface area contributed by atoms with E-state index in [9.17, 15) is 13.6 Å². The summed E-state index contributed by atoms with van der Waals surface area (Å²) in [5, 5.41) is 0. The van der Waals surface area contributed by atoms with Crippen LogP contribution in [0.5, 0.6) is 0 Å². The van der Waals surface area contributed by atoms with Crippen LogP contribution in [0.15, 0.2) is 24.3 Å². The molecule has 21 heavy (non-hydrogen) atoms. The van der Waals surface area contributed by atoms with Crippen LogP contribution in [-0.4, -0.2) is 12.5 Å². The average molecular weight is 309 g/mol. The second-order valence-corrected chi connectivity index (χ2v) is 5.85. The maximum Gasteiger partial charge on any atom is 0.268 e. The Bertz CT molecular complexity index is 666. The fraction of sp³-hybridized carbons (Fsp3) is 0.312. The van der Waals surface area contributed by atoms with E-state index < -0.39 is 11.6 Å². The molecule has 0 spiro atoms. The Kier molecular flexibility index (Phi) is 4.73. The molecule has 0 aliphatic carbocycles. The van der Waals surface area contributed by atoms with E-state index in [0.717, 1.165) is 24.1 Å². The highest BCUT2D eigenvalue weighted by Crippen LogP contribution is 2.26. The van der Waals surface area contributed by atoms with E-state index in [4.69, 9.17) is 0 Å². The van der Waals surface area contributed by atoms with Crippen LogP contribution >= 0.6 is 11.3 Å². The lowest BCUT2D eigenvalue weighted by molar-refractivity contribution is 0.0992. The van der Waals surface area contributed by atoms with Crippen molar-refractivity contribution in [3.63, 3.8) is 0 Å². The highest BCUT2D eigenvalue weighted by Gasteiger charge is 2.20. The summed E-state index contributed by atoms with van der Waals surface area (Å²) in [7, 11) is 0. The fourth-order valence-corrected chi connectivity index (χ4v) is 3.27. The molecule has 0 atom stereocenters. The Balaban J connectivity index is 2.35. The highest BCUT2D eigenvalue weighted by atomic mass is 32.1. The minimum absolute atomic E-state index is 0.184. The maximum absolute atomic E-state index is 13.4. The number of hydrogen-bond donors (Lipinski definition) is 0. The number of benzene rings is 1. The second-order valence-electron chi connectivity index (χ2n) is 4.72. The summed E-state index contributed by atoms with van der Waals surface area (Å²) in [6, 6.07) is 5.37. The minimum atomic E-state index is -0.949. The lowest BCUT2D eigenvalue weighted by Gasteiger charge is -2.20. The summed E-state index contributed by atoms with van der Waals surface area (Å²) in [6.45, 7) is 6.21. The lowest BCUT2D eigenvalue weighted by Crippen LogP contribution is -2.30. The van der Waals surface area contributed by atoms with Crippen molar-refractivity contribution in [3.05, 3.63) is 51.2 Å². The maximum atomic E-state index is 13.4. The minimum Gasteiger partial charge on any atom is -0.308 e. The predicted octanol–water partition coefficient (Wildman–Crippen LogP) is 4.56. The average Bonchev–Trinajstić information content (AvgIpc) is 2.84. The van der Waals surface area contributed by atoms with Crippen molar-refractivity contribution in [1.29, 1.82) is 0 Å². The zero-order valence-electron chi connectivity index (χ0n) is 12.2. The Morgan fingerprint density at radius 2 is 1.90 bits per heavy atom. The van der Waals surface area contributed by atoms with Crippen LogP contribution in [0, 0.1) is 18.6 Å². The van der Waals surface area contributed by atoms with Crippen molar-refractivity contribution >= 4 is 22.9 Å². The van der Waals surface area contributed by atoms with Crippen molar-refractivity contribution in [1.82, 2.24) is 0 Å². The molecule has 1 heterocycles. The van der Waals surface area contributed by atoms with Gasteiger partial charge in [-0.3, -0.25) is 4.79 Å². The monoisotopic (exact) mass is 309 g/mol. The van der Waals surface area contributed by atoms with Crippen molar-refractivity contribution < 1.29 is 13.6 Å². The number of nitrogens with zero attached hydrogens (tertiary/aromatic N) is 1. The summed E-state index contributed by atoms with van der Waals surface area (Å²) in [4.78, 5) is 15.8. The van der Waals surface area contributed by atoms with E-state index in [-0.39, 0.29) is 5.91 Å². The third kappa shape index (κ3) is 3.13. The molecule has 1 aromatic carbocycles. The Labute approximate surface area is 127 Å². The van der Waals surface area contributed by atoms with Crippen LogP contribution in [-0.2, 0) is 6.42 Å². The first-order chi connectivity index (χ1) is 9.97. The van der Waals surface area contributed by atoms with Gasteiger partial charge in [-0.15, -0.1) is 11.3 Å². The van der Waals surface area contributed by atoms with Crippen LogP contribution in [0.1, 0.15) is 34.0 Å². The van der Waals surface area contributed by atoms with Gasteiger partial charge in [-0.2, -0.15) is 0 Å². The number of anilines is 1. The molecule has 0 unspecified atom stereocenters. The molecule has 112 valence electrons. The van der Waals surface area contributed by atoms with Gasteiger partial charge in [0.2, 0.25) is 0 Å². The Hall–Kier alpha value is -1.75. The van der Waals surface area contributed by atoms with Crippen LogP contribution < -0.4 is 4.90 Å². The van der Waals surface area contributed by atoms with Crippen molar-refractivity contribution in [2.45, 2.75) is 27.2 Å². The molecule has 0 aliphatic heterocycles. The van der Waals surface area contributed by atoms with Crippen LogP contribution in [0.25, 0.3) is 0 Å². The van der Waals surface area contributed by atoms with Gasteiger partial charge in [0.15, 0.2) is 11.6 Å². The number of rotatable bonds is 4. The van der Waals surface area contributed by atoms with Gasteiger partial charge in [0, 0.05) is 23.2 Å². The molecule has 0 fully saturated rings. The SMILES string of the molecule is CCc1sc(C(=O)N(CC)c2ccc(F)c(F)c2)cc1C. The molecule has 0 bridgehead atoms. The third-order valence-electron chi connectivity index (χ3n) is 3.33. The molecular formula is C16H17F2NOS. The van der Waals surface area contributed by atoms with Gasteiger partial charge in [-0.25, -0.2) is 8.78 Å². The molecular weight excluding hydrogens is 292 g/mol. The number of halogens is 2. The molecule has 1 aromatic heterocycles. The molecule has 2 nitrogen and oxygen atoms in total. The summed E-state index contributed by atoms with van der Waals surface area (Å²) >= 11 is 1.45. The number of aryl methyl sites for hydroxylation is 2. The van der Waals surface area contributed by atoms with Crippen molar-refractivity contribution in [2.24, 2.45) is 0 Å². The highest BCUT2D eigenvalue weighted by molar-refractivity contribution is 7.14. The van der Waals surface area contributed by atoms with E-state index >= 15 is 0 Å².